The van der Waals surface area contributed by atoms with Crippen LogP contribution in [0.25, 0.3) is 0 Å². The van der Waals surface area contributed by atoms with Gasteiger partial charge in [0.2, 0.25) is 0 Å². The predicted molar refractivity (Wildman–Crippen MR) is 63.0 cm³/mol. The first-order valence-electron chi connectivity index (χ1n) is 6.76. The summed E-state index contributed by atoms with van der Waals surface area (Å²) in [5, 5.41) is 3.43. The van der Waals surface area contributed by atoms with Crippen LogP contribution in [-0.4, -0.2) is 25.3 Å². The Kier molecular flexibility index (Phi) is 4.45. The molecule has 1 aliphatic heterocycles. The Labute approximate surface area is 93.8 Å². The van der Waals surface area contributed by atoms with Crippen molar-refractivity contribution in [1.29, 1.82) is 0 Å². The zero-order valence-corrected chi connectivity index (χ0v) is 10.0. The molecule has 0 aromatic rings. The van der Waals surface area contributed by atoms with E-state index in [4.69, 9.17) is 4.74 Å². The Morgan fingerprint density at radius 1 is 1.13 bits per heavy atom. The van der Waals surface area contributed by atoms with E-state index in [1.807, 2.05) is 0 Å². The van der Waals surface area contributed by atoms with Gasteiger partial charge in [0.15, 0.2) is 0 Å². The summed E-state index contributed by atoms with van der Waals surface area (Å²) in [7, 11) is 0. The summed E-state index contributed by atoms with van der Waals surface area (Å²) in [5.41, 5.74) is 0. The van der Waals surface area contributed by atoms with Gasteiger partial charge in [-0.15, -0.1) is 0 Å². The number of hydrogen-bond donors (Lipinski definition) is 1. The Morgan fingerprint density at radius 3 is 2.73 bits per heavy atom. The zero-order chi connectivity index (χ0) is 10.5. The van der Waals surface area contributed by atoms with Crippen LogP contribution >= 0.6 is 0 Å². The molecule has 0 radical (unpaired) electrons. The summed E-state index contributed by atoms with van der Waals surface area (Å²) >= 11 is 0. The summed E-state index contributed by atoms with van der Waals surface area (Å²) in [4.78, 5) is 0. The first-order valence-corrected chi connectivity index (χ1v) is 6.76. The smallest absolute Gasteiger partial charge is 0.0703 e. The Morgan fingerprint density at radius 2 is 2.00 bits per heavy atom. The standard InChI is InChI=1S/C13H25NO/c1-2-11-6-3-4-8-13(11)15-12-7-5-9-14-10-12/h11-14H,2-10H2,1H3. The van der Waals surface area contributed by atoms with Gasteiger partial charge in [-0.25, -0.2) is 0 Å². The van der Waals surface area contributed by atoms with Gasteiger partial charge in [-0.1, -0.05) is 26.2 Å². The van der Waals surface area contributed by atoms with Crippen molar-refractivity contribution in [3.63, 3.8) is 0 Å². The van der Waals surface area contributed by atoms with Gasteiger partial charge in [0, 0.05) is 6.54 Å². The molecule has 2 heteroatoms. The maximum Gasteiger partial charge on any atom is 0.0703 e. The lowest BCUT2D eigenvalue weighted by Crippen LogP contribution is -2.40. The molecule has 2 nitrogen and oxygen atoms in total. The molecule has 3 unspecified atom stereocenters. The van der Waals surface area contributed by atoms with Crippen LogP contribution in [0.4, 0.5) is 0 Å². The van der Waals surface area contributed by atoms with Gasteiger partial charge in [0.05, 0.1) is 12.2 Å². The van der Waals surface area contributed by atoms with Crippen LogP contribution in [0.3, 0.4) is 0 Å². The van der Waals surface area contributed by atoms with Gasteiger partial charge in [0.25, 0.3) is 0 Å². The minimum absolute atomic E-state index is 0.496. The van der Waals surface area contributed by atoms with Crippen molar-refractivity contribution >= 4 is 0 Å². The minimum Gasteiger partial charge on any atom is -0.373 e. The molecule has 0 aromatic carbocycles. The van der Waals surface area contributed by atoms with Crippen molar-refractivity contribution in [3.05, 3.63) is 0 Å². The van der Waals surface area contributed by atoms with Crippen LogP contribution in [-0.2, 0) is 4.74 Å². The molecule has 15 heavy (non-hydrogen) atoms. The van der Waals surface area contributed by atoms with Crippen LogP contribution in [0.5, 0.6) is 0 Å². The van der Waals surface area contributed by atoms with Crippen LogP contribution in [0, 0.1) is 5.92 Å². The average Bonchev–Trinajstić information content (AvgIpc) is 2.31. The molecule has 1 saturated heterocycles. The van der Waals surface area contributed by atoms with Gasteiger partial charge in [-0.2, -0.15) is 0 Å². The van der Waals surface area contributed by atoms with Crippen molar-refractivity contribution in [2.75, 3.05) is 13.1 Å². The number of hydrogen-bond acceptors (Lipinski definition) is 2. The topological polar surface area (TPSA) is 21.3 Å². The molecule has 88 valence electrons. The van der Waals surface area contributed by atoms with Crippen LogP contribution in [0.15, 0.2) is 0 Å². The van der Waals surface area contributed by atoms with Crippen molar-refractivity contribution in [2.45, 2.75) is 64.1 Å². The number of ether oxygens (including phenoxy) is 1. The second kappa shape index (κ2) is 5.86. The molecule has 0 bridgehead atoms. The van der Waals surface area contributed by atoms with Crippen molar-refractivity contribution < 1.29 is 4.74 Å². The molecular weight excluding hydrogens is 186 g/mol. The normalized spacial score (nSPS) is 37.8. The van der Waals surface area contributed by atoms with E-state index < -0.39 is 0 Å². The number of piperidine rings is 1. The summed E-state index contributed by atoms with van der Waals surface area (Å²) in [5.74, 6) is 0.834. The van der Waals surface area contributed by atoms with Crippen LogP contribution in [0.1, 0.15) is 51.9 Å². The quantitative estimate of drug-likeness (QED) is 0.775. The third-order valence-corrected chi connectivity index (χ3v) is 3.98. The molecule has 3 atom stereocenters. The van der Waals surface area contributed by atoms with E-state index in [2.05, 4.69) is 12.2 Å². The highest BCUT2D eigenvalue weighted by Gasteiger charge is 2.27. The lowest BCUT2D eigenvalue weighted by Gasteiger charge is -2.35. The second-order valence-corrected chi connectivity index (χ2v) is 5.10. The lowest BCUT2D eigenvalue weighted by molar-refractivity contribution is -0.0676. The molecule has 0 spiro atoms. The van der Waals surface area contributed by atoms with Crippen LogP contribution < -0.4 is 5.32 Å². The monoisotopic (exact) mass is 211 g/mol. The Hall–Kier alpha value is -0.0800. The average molecular weight is 211 g/mol. The molecule has 0 aromatic heterocycles. The van der Waals surface area contributed by atoms with E-state index in [1.54, 1.807) is 0 Å². The second-order valence-electron chi connectivity index (χ2n) is 5.10. The van der Waals surface area contributed by atoms with Gasteiger partial charge < -0.3 is 10.1 Å². The molecule has 2 aliphatic rings. The Bertz CT molecular complexity index is 177. The minimum atomic E-state index is 0.496. The van der Waals surface area contributed by atoms with Gasteiger partial charge in [0.1, 0.15) is 0 Å². The van der Waals surface area contributed by atoms with Gasteiger partial charge >= 0.3 is 0 Å². The van der Waals surface area contributed by atoms with Crippen molar-refractivity contribution in [1.82, 2.24) is 5.32 Å². The van der Waals surface area contributed by atoms with Gasteiger partial charge in [-0.3, -0.25) is 0 Å². The fourth-order valence-corrected chi connectivity index (χ4v) is 3.00. The van der Waals surface area contributed by atoms with Crippen molar-refractivity contribution in [3.8, 4) is 0 Å². The van der Waals surface area contributed by atoms with E-state index >= 15 is 0 Å². The fraction of sp³-hybridized carbons (Fsp3) is 1.00. The molecule has 1 heterocycles. The van der Waals surface area contributed by atoms with E-state index in [-0.39, 0.29) is 0 Å². The first-order chi connectivity index (χ1) is 7.40. The molecule has 1 saturated carbocycles. The van der Waals surface area contributed by atoms with E-state index in [9.17, 15) is 0 Å². The lowest BCUT2D eigenvalue weighted by atomic mass is 9.84. The summed E-state index contributed by atoms with van der Waals surface area (Å²) in [6.07, 6.45) is 10.4. The summed E-state index contributed by atoms with van der Waals surface area (Å²) in [6.45, 7) is 4.57. The van der Waals surface area contributed by atoms with E-state index in [1.165, 1.54) is 51.5 Å². The SMILES string of the molecule is CCC1CCCCC1OC1CCCNC1. The molecule has 2 fully saturated rings. The molecule has 1 N–H and O–H groups in total. The zero-order valence-electron chi connectivity index (χ0n) is 10.0. The highest BCUT2D eigenvalue weighted by Crippen LogP contribution is 2.30. The summed E-state index contributed by atoms with van der Waals surface area (Å²) < 4.78 is 6.27. The summed E-state index contributed by atoms with van der Waals surface area (Å²) in [6, 6.07) is 0. The molecule has 2 rings (SSSR count). The van der Waals surface area contributed by atoms with Crippen LogP contribution in [0.2, 0.25) is 0 Å². The van der Waals surface area contributed by atoms with Gasteiger partial charge in [-0.05, 0) is 38.1 Å². The number of rotatable bonds is 3. The molecule has 1 aliphatic carbocycles. The first kappa shape index (κ1) is 11.4. The van der Waals surface area contributed by atoms with E-state index in [0.29, 0.717) is 12.2 Å². The number of nitrogens with one attached hydrogen (secondary N) is 1. The highest BCUT2D eigenvalue weighted by atomic mass is 16.5. The third-order valence-electron chi connectivity index (χ3n) is 3.98. The maximum atomic E-state index is 6.27. The fourth-order valence-electron chi connectivity index (χ4n) is 3.00. The molecular formula is C13H25NO. The molecule has 0 amide bonds. The third kappa shape index (κ3) is 3.18. The predicted octanol–water partition coefficient (Wildman–Crippen LogP) is 2.72. The van der Waals surface area contributed by atoms with E-state index in [0.717, 1.165) is 12.5 Å². The largest absolute Gasteiger partial charge is 0.373 e. The Balaban J connectivity index is 1.79. The maximum absolute atomic E-state index is 6.27. The highest BCUT2D eigenvalue weighted by molar-refractivity contribution is 4.78. The van der Waals surface area contributed by atoms with Crippen molar-refractivity contribution in [2.24, 2.45) is 5.92 Å².